The van der Waals surface area contributed by atoms with Crippen molar-refractivity contribution >= 4 is 23.4 Å². The van der Waals surface area contributed by atoms with Gasteiger partial charge in [0.1, 0.15) is 11.6 Å². The van der Waals surface area contributed by atoms with Crippen LogP contribution in [-0.4, -0.2) is 65.6 Å². The smallest absolute Gasteiger partial charge is 0.256 e. The summed E-state index contributed by atoms with van der Waals surface area (Å²) in [7, 11) is 0. The fourth-order valence-electron chi connectivity index (χ4n) is 5.27. The van der Waals surface area contributed by atoms with E-state index in [0.29, 0.717) is 62.6 Å². The summed E-state index contributed by atoms with van der Waals surface area (Å²) in [5.41, 5.74) is 1.23. The molecule has 2 saturated heterocycles. The van der Waals surface area contributed by atoms with Gasteiger partial charge in [0, 0.05) is 43.0 Å². The highest BCUT2D eigenvalue weighted by Crippen LogP contribution is 2.37. The Morgan fingerprint density at radius 1 is 1.11 bits per heavy atom. The molecule has 0 aliphatic carbocycles. The molecule has 2 amide bonds. The lowest BCUT2D eigenvalue weighted by Gasteiger charge is -2.43. The van der Waals surface area contributed by atoms with Crippen molar-refractivity contribution < 1.29 is 23.8 Å². The molecule has 2 aliphatic rings. The van der Waals surface area contributed by atoms with Crippen LogP contribution >= 0.6 is 11.6 Å². The van der Waals surface area contributed by atoms with Crippen molar-refractivity contribution in [2.24, 2.45) is 5.41 Å². The Hall–Kier alpha value is -2.64. The molecule has 0 aromatic heterocycles. The molecule has 6 nitrogen and oxygen atoms in total. The minimum atomic E-state index is -0.617. The third kappa shape index (κ3) is 6.01. The van der Waals surface area contributed by atoms with Gasteiger partial charge in [-0.1, -0.05) is 23.7 Å². The van der Waals surface area contributed by atoms with Crippen molar-refractivity contribution in [1.82, 2.24) is 9.80 Å². The van der Waals surface area contributed by atoms with E-state index in [1.165, 1.54) is 12.1 Å². The first-order valence-corrected chi connectivity index (χ1v) is 12.9. The summed E-state index contributed by atoms with van der Waals surface area (Å²) < 4.78 is 20.6. The van der Waals surface area contributed by atoms with E-state index in [9.17, 15) is 19.1 Å². The minimum absolute atomic E-state index is 0.00541. The molecule has 0 unspecified atom stereocenters. The van der Waals surface area contributed by atoms with Gasteiger partial charge in [0.25, 0.3) is 5.91 Å². The number of nitrogens with zero attached hydrogens (tertiary/aromatic N) is 2. The number of likely N-dealkylation sites (tertiary alicyclic amines) is 2. The number of amides is 2. The maximum Gasteiger partial charge on any atom is 0.256 e. The molecule has 2 heterocycles. The molecule has 36 heavy (non-hydrogen) atoms. The van der Waals surface area contributed by atoms with Crippen LogP contribution in [-0.2, 0) is 4.79 Å². The zero-order chi connectivity index (χ0) is 25.9. The average molecular weight is 517 g/mol. The lowest BCUT2D eigenvalue weighted by molar-refractivity contribution is -0.137. The largest absolute Gasteiger partial charge is 0.493 e. The number of halogens is 2. The highest BCUT2D eigenvalue weighted by molar-refractivity contribution is 6.32. The lowest BCUT2D eigenvalue weighted by atomic mass is 9.77. The second-order valence-corrected chi connectivity index (χ2v) is 10.6. The number of carbonyl (C=O) groups excluding carboxylic acids is 2. The molecule has 194 valence electrons. The number of hydrogen-bond donors (Lipinski definition) is 1. The minimum Gasteiger partial charge on any atom is -0.493 e. The van der Waals surface area contributed by atoms with Gasteiger partial charge in [-0.05, 0) is 74.9 Å². The van der Waals surface area contributed by atoms with Crippen LogP contribution in [0.25, 0.3) is 0 Å². The standard InChI is InChI=1S/C28H34ClFN2O4/c1-19-14-22(15-20(2)26(19)29)36-18-28(16-25(34)31-12-8-21(33)9-13-31)10-5-11-32(17-28)27(35)23-6-3-4-7-24(23)30/h3-4,6-7,14-15,21,33H,5,8-13,16-18H2,1-2H3/t28-/m1/s1. The van der Waals surface area contributed by atoms with Gasteiger partial charge in [-0.25, -0.2) is 4.39 Å². The normalized spacial score (nSPS) is 20.9. The molecular formula is C28H34ClFN2O4. The Morgan fingerprint density at radius 3 is 2.44 bits per heavy atom. The zero-order valence-electron chi connectivity index (χ0n) is 20.9. The van der Waals surface area contributed by atoms with E-state index in [2.05, 4.69) is 0 Å². The van der Waals surface area contributed by atoms with Crippen LogP contribution in [0.15, 0.2) is 36.4 Å². The number of carbonyl (C=O) groups is 2. The predicted molar refractivity (Wildman–Crippen MR) is 137 cm³/mol. The van der Waals surface area contributed by atoms with E-state index in [1.54, 1.807) is 21.9 Å². The molecule has 2 aromatic carbocycles. The summed E-state index contributed by atoms with van der Waals surface area (Å²) in [5, 5.41) is 10.5. The quantitative estimate of drug-likeness (QED) is 0.600. The van der Waals surface area contributed by atoms with Crippen molar-refractivity contribution in [3.05, 3.63) is 63.9 Å². The topological polar surface area (TPSA) is 70.1 Å². The molecule has 2 fully saturated rings. The number of aryl methyl sites for hydroxylation is 2. The number of aliphatic hydroxyl groups is 1. The molecule has 1 atom stereocenters. The first kappa shape index (κ1) is 26.4. The van der Waals surface area contributed by atoms with Gasteiger partial charge in [-0.3, -0.25) is 9.59 Å². The average Bonchev–Trinajstić information content (AvgIpc) is 2.86. The van der Waals surface area contributed by atoms with Crippen LogP contribution in [0.2, 0.25) is 5.02 Å². The van der Waals surface area contributed by atoms with Gasteiger partial charge < -0.3 is 19.6 Å². The second kappa shape index (κ2) is 11.2. The van der Waals surface area contributed by atoms with Crippen LogP contribution in [0, 0.1) is 25.1 Å². The molecule has 4 rings (SSSR count). The molecule has 0 spiro atoms. The van der Waals surface area contributed by atoms with Gasteiger partial charge in [0.15, 0.2) is 0 Å². The van der Waals surface area contributed by atoms with Gasteiger partial charge in [-0.2, -0.15) is 0 Å². The summed E-state index contributed by atoms with van der Waals surface area (Å²) in [6, 6.07) is 9.74. The Balaban J connectivity index is 1.56. The maximum absolute atomic E-state index is 14.4. The van der Waals surface area contributed by atoms with Crippen LogP contribution in [0.4, 0.5) is 4.39 Å². The Kier molecular flexibility index (Phi) is 8.20. The number of ether oxygens (including phenoxy) is 1. The molecule has 2 aromatic rings. The lowest BCUT2D eigenvalue weighted by Crippen LogP contribution is -2.51. The summed E-state index contributed by atoms with van der Waals surface area (Å²) in [5.74, 6) is -0.261. The van der Waals surface area contributed by atoms with E-state index in [0.717, 1.165) is 11.1 Å². The fraction of sp³-hybridized carbons (Fsp3) is 0.500. The summed E-state index contributed by atoms with van der Waals surface area (Å²) in [4.78, 5) is 30.0. The van der Waals surface area contributed by atoms with Crippen LogP contribution in [0.5, 0.6) is 5.75 Å². The fourth-order valence-corrected chi connectivity index (χ4v) is 5.38. The Labute approximate surface area is 217 Å². The SMILES string of the molecule is Cc1cc(OC[C@@]2(CC(=O)N3CCC(O)CC3)CCCN(C(=O)c3ccccc3F)C2)cc(C)c1Cl. The van der Waals surface area contributed by atoms with Crippen molar-refractivity contribution in [1.29, 1.82) is 0 Å². The number of rotatable bonds is 6. The van der Waals surface area contributed by atoms with Gasteiger partial charge in [0.05, 0.1) is 18.3 Å². The second-order valence-electron chi connectivity index (χ2n) is 10.3. The molecule has 1 N–H and O–H groups in total. The number of benzene rings is 2. The highest BCUT2D eigenvalue weighted by Gasteiger charge is 2.41. The summed E-state index contributed by atoms with van der Waals surface area (Å²) in [6.45, 7) is 5.92. The Morgan fingerprint density at radius 2 is 1.78 bits per heavy atom. The third-order valence-corrected chi connectivity index (χ3v) is 7.95. The highest BCUT2D eigenvalue weighted by atomic mass is 35.5. The van der Waals surface area contributed by atoms with Crippen LogP contribution < -0.4 is 4.74 Å². The number of aliphatic hydroxyl groups excluding tert-OH is 1. The van der Waals surface area contributed by atoms with Crippen molar-refractivity contribution in [3.8, 4) is 5.75 Å². The molecule has 0 radical (unpaired) electrons. The maximum atomic E-state index is 14.4. The van der Waals surface area contributed by atoms with E-state index >= 15 is 0 Å². The first-order valence-electron chi connectivity index (χ1n) is 12.6. The van der Waals surface area contributed by atoms with Crippen molar-refractivity contribution in [2.75, 3.05) is 32.8 Å². The van der Waals surface area contributed by atoms with E-state index in [1.807, 2.05) is 26.0 Å². The third-order valence-electron chi connectivity index (χ3n) is 7.35. The van der Waals surface area contributed by atoms with Crippen LogP contribution in [0.3, 0.4) is 0 Å². The Bertz CT molecular complexity index is 1100. The summed E-state index contributed by atoms with van der Waals surface area (Å²) in [6.07, 6.45) is 2.38. The molecule has 8 heteroatoms. The van der Waals surface area contributed by atoms with Crippen molar-refractivity contribution in [2.45, 2.75) is 52.1 Å². The number of hydrogen-bond acceptors (Lipinski definition) is 4. The zero-order valence-corrected chi connectivity index (χ0v) is 21.7. The molecule has 0 saturated carbocycles. The molecule has 0 bridgehead atoms. The van der Waals surface area contributed by atoms with E-state index in [4.69, 9.17) is 16.3 Å². The monoisotopic (exact) mass is 516 g/mol. The van der Waals surface area contributed by atoms with E-state index < -0.39 is 11.2 Å². The predicted octanol–water partition coefficient (Wildman–Crippen LogP) is 4.77. The summed E-state index contributed by atoms with van der Waals surface area (Å²) >= 11 is 6.32. The first-order chi connectivity index (χ1) is 17.2. The van der Waals surface area contributed by atoms with Gasteiger partial charge >= 0.3 is 0 Å². The van der Waals surface area contributed by atoms with Crippen LogP contribution in [0.1, 0.15) is 53.6 Å². The van der Waals surface area contributed by atoms with Gasteiger partial charge in [-0.15, -0.1) is 0 Å². The van der Waals surface area contributed by atoms with E-state index in [-0.39, 0.29) is 36.5 Å². The number of piperidine rings is 2. The van der Waals surface area contributed by atoms with Crippen molar-refractivity contribution in [3.63, 3.8) is 0 Å². The molecule has 2 aliphatic heterocycles. The molecular weight excluding hydrogens is 483 g/mol. The van der Waals surface area contributed by atoms with Gasteiger partial charge in [0.2, 0.25) is 5.91 Å².